The SMILES string of the molecule is CC1CN(Cl)CCc2ccccc21.O=C(O)CC(=O)O. The van der Waals surface area contributed by atoms with Crippen LogP contribution >= 0.6 is 11.8 Å². The third kappa shape index (κ3) is 5.59. The largest absolute Gasteiger partial charge is 0.481 e. The summed E-state index contributed by atoms with van der Waals surface area (Å²) < 4.78 is 1.89. The first kappa shape index (κ1) is 16.5. The molecule has 5 nitrogen and oxygen atoms in total. The number of aliphatic carboxylic acids is 2. The van der Waals surface area contributed by atoms with Crippen molar-refractivity contribution in [3.8, 4) is 0 Å². The van der Waals surface area contributed by atoms with E-state index >= 15 is 0 Å². The van der Waals surface area contributed by atoms with Crippen LogP contribution in [0, 0.1) is 0 Å². The van der Waals surface area contributed by atoms with Crippen LogP contribution in [0.4, 0.5) is 0 Å². The zero-order valence-electron chi connectivity index (χ0n) is 11.3. The standard InChI is InChI=1S/C11H14ClN.C3H4O4/c1-9-8-13(12)7-6-10-4-2-3-5-11(9)10;4-2(5)1-3(6)7/h2-5,9H,6-8H2,1H3;1H2,(H,4,5)(H,6,7). The molecule has 0 fully saturated rings. The molecule has 2 N–H and O–H groups in total. The molecule has 2 rings (SSSR count). The highest BCUT2D eigenvalue weighted by atomic mass is 35.5. The van der Waals surface area contributed by atoms with Crippen LogP contribution < -0.4 is 0 Å². The van der Waals surface area contributed by atoms with Gasteiger partial charge in [-0.3, -0.25) is 9.59 Å². The van der Waals surface area contributed by atoms with Crippen LogP contribution in [0.3, 0.4) is 0 Å². The lowest BCUT2D eigenvalue weighted by molar-refractivity contribution is -0.147. The highest BCUT2D eigenvalue weighted by Gasteiger charge is 2.17. The van der Waals surface area contributed by atoms with Gasteiger partial charge in [-0.05, 0) is 35.2 Å². The van der Waals surface area contributed by atoms with Gasteiger partial charge in [0.2, 0.25) is 0 Å². The molecule has 1 aromatic carbocycles. The monoisotopic (exact) mass is 299 g/mol. The Hall–Kier alpha value is -1.59. The molecule has 110 valence electrons. The maximum Gasteiger partial charge on any atom is 0.314 e. The Balaban J connectivity index is 0.000000246. The highest BCUT2D eigenvalue weighted by molar-refractivity contribution is 6.13. The lowest BCUT2D eigenvalue weighted by Crippen LogP contribution is -2.16. The maximum atomic E-state index is 9.43. The molecule has 1 heterocycles. The number of hydrogen-bond acceptors (Lipinski definition) is 3. The summed E-state index contributed by atoms with van der Waals surface area (Å²) in [4.78, 5) is 18.9. The van der Waals surface area contributed by atoms with Crippen molar-refractivity contribution in [2.24, 2.45) is 0 Å². The number of halogens is 1. The minimum Gasteiger partial charge on any atom is -0.481 e. The molecule has 20 heavy (non-hydrogen) atoms. The molecule has 0 aromatic heterocycles. The molecule has 1 aliphatic heterocycles. The zero-order valence-corrected chi connectivity index (χ0v) is 12.0. The zero-order chi connectivity index (χ0) is 15.1. The summed E-state index contributed by atoms with van der Waals surface area (Å²) >= 11 is 6.04. The predicted molar refractivity (Wildman–Crippen MR) is 75.9 cm³/mol. The molecule has 0 aliphatic carbocycles. The molecule has 0 saturated heterocycles. The predicted octanol–water partition coefficient (Wildman–Crippen LogP) is 2.35. The van der Waals surface area contributed by atoms with Gasteiger partial charge in [0, 0.05) is 13.1 Å². The fourth-order valence-corrected chi connectivity index (χ4v) is 2.39. The van der Waals surface area contributed by atoms with Crippen molar-refractivity contribution in [3.05, 3.63) is 35.4 Å². The topological polar surface area (TPSA) is 77.8 Å². The fraction of sp³-hybridized carbons (Fsp3) is 0.429. The minimum absolute atomic E-state index is 0.552. The van der Waals surface area contributed by atoms with Crippen LogP contribution in [0.1, 0.15) is 30.4 Å². The van der Waals surface area contributed by atoms with Gasteiger partial charge in [0.1, 0.15) is 6.42 Å². The van der Waals surface area contributed by atoms with Gasteiger partial charge >= 0.3 is 11.9 Å². The average Bonchev–Trinajstić information content (AvgIpc) is 2.49. The minimum atomic E-state index is -1.31. The van der Waals surface area contributed by atoms with Gasteiger partial charge in [-0.2, -0.15) is 0 Å². The molecule has 1 unspecified atom stereocenters. The van der Waals surface area contributed by atoms with Gasteiger partial charge < -0.3 is 10.2 Å². The average molecular weight is 300 g/mol. The molecule has 0 bridgehead atoms. The Labute approximate surface area is 122 Å². The third-order valence-corrected chi connectivity index (χ3v) is 3.29. The van der Waals surface area contributed by atoms with Crippen molar-refractivity contribution in [2.45, 2.75) is 25.7 Å². The van der Waals surface area contributed by atoms with Gasteiger partial charge in [0.05, 0.1) is 0 Å². The molecule has 1 aliphatic rings. The molecule has 0 radical (unpaired) electrons. The second kappa shape index (κ2) is 7.87. The normalized spacial score (nSPS) is 18.2. The highest BCUT2D eigenvalue weighted by Crippen LogP contribution is 2.25. The Kier molecular flexibility index (Phi) is 6.48. The summed E-state index contributed by atoms with van der Waals surface area (Å²) in [5, 5.41) is 15.4. The van der Waals surface area contributed by atoms with Crippen LogP contribution in [0.25, 0.3) is 0 Å². The number of rotatable bonds is 2. The molecule has 1 aromatic rings. The first-order valence-corrected chi connectivity index (χ1v) is 6.66. The van der Waals surface area contributed by atoms with E-state index in [9.17, 15) is 9.59 Å². The number of fused-ring (bicyclic) bond motifs is 1. The number of carboxylic acids is 2. The summed E-state index contributed by atoms with van der Waals surface area (Å²) in [7, 11) is 0. The van der Waals surface area contributed by atoms with Crippen LogP contribution in [0.5, 0.6) is 0 Å². The molecule has 6 heteroatoms. The molecule has 0 spiro atoms. The van der Waals surface area contributed by atoms with E-state index in [1.54, 1.807) is 0 Å². The fourth-order valence-electron chi connectivity index (χ4n) is 2.10. The Morgan fingerprint density at radius 2 is 1.90 bits per heavy atom. The number of nitrogens with zero attached hydrogens (tertiary/aromatic N) is 1. The quantitative estimate of drug-likeness (QED) is 0.647. The molecule has 0 saturated carbocycles. The number of hydrogen-bond donors (Lipinski definition) is 2. The maximum absolute atomic E-state index is 9.43. The second-order valence-corrected chi connectivity index (χ2v) is 5.16. The van der Waals surface area contributed by atoms with Crippen LogP contribution in [0.2, 0.25) is 0 Å². The molecule has 0 amide bonds. The number of benzene rings is 1. The lowest BCUT2D eigenvalue weighted by atomic mass is 9.96. The molecular weight excluding hydrogens is 282 g/mol. The van der Waals surface area contributed by atoms with Crippen molar-refractivity contribution < 1.29 is 19.8 Å². The Bertz CT molecular complexity index is 466. The van der Waals surface area contributed by atoms with E-state index in [0.29, 0.717) is 5.92 Å². The van der Waals surface area contributed by atoms with Gasteiger partial charge in [-0.15, -0.1) is 0 Å². The number of carboxylic acid groups (broad SMARTS) is 2. The van der Waals surface area contributed by atoms with Gasteiger partial charge in [0.25, 0.3) is 0 Å². The van der Waals surface area contributed by atoms with E-state index in [2.05, 4.69) is 31.2 Å². The van der Waals surface area contributed by atoms with E-state index in [0.717, 1.165) is 19.5 Å². The van der Waals surface area contributed by atoms with E-state index in [1.165, 1.54) is 11.1 Å². The summed E-state index contributed by atoms with van der Waals surface area (Å²) in [6.07, 6.45) is 0.268. The third-order valence-electron chi connectivity index (χ3n) is 2.98. The second-order valence-electron chi connectivity index (χ2n) is 4.68. The summed E-state index contributed by atoms with van der Waals surface area (Å²) in [6.45, 7) is 4.15. The Morgan fingerprint density at radius 3 is 2.45 bits per heavy atom. The van der Waals surface area contributed by atoms with Crippen molar-refractivity contribution in [1.29, 1.82) is 0 Å². The van der Waals surface area contributed by atoms with Crippen molar-refractivity contribution >= 4 is 23.7 Å². The van der Waals surface area contributed by atoms with Gasteiger partial charge in [0.15, 0.2) is 0 Å². The molecular formula is C14H18ClNO4. The first-order valence-electron chi connectivity index (χ1n) is 6.32. The van der Waals surface area contributed by atoms with Crippen molar-refractivity contribution in [2.75, 3.05) is 13.1 Å². The van der Waals surface area contributed by atoms with Crippen molar-refractivity contribution in [3.63, 3.8) is 0 Å². The van der Waals surface area contributed by atoms with E-state index in [-0.39, 0.29) is 0 Å². The molecule has 1 atom stereocenters. The van der Waals surface area contributed by atoms with Crippen molar-refractivity contribution in [1.82, 2.24) is 4.42 Å². The Morgan fingerprint density at radius 1 is 1.30 bits per heavy atom. The summed E-state index contributed by atoms with van der Waals surface area (Å²) in [5.74, 6) is -2.07. The van der Waals surface area contributed by atoms with Gasteiger partial charge in [-0.25, -0.2) is 4.42 Å². The summed E-state index contributed by atoms with van der Waals surface area (Å²) in [6, 6.07) is 8.65. The smallest absolute Gasteiger partial charge is 0.314 e. The summed E-state index contributed by atoms with van der Waals surface area (Å²) in [5.41, 5.74) is 2.92. The van der Waals surface area contributed by atoms with Crippen LogP contribution in [-0.2, 0) is 16.0 Å². The van der Waals surface area contributed by atoms with Gasteiger partial charge in [-0.1, -0.05) is 31.2 Å². The number of carbonyl (C=O) groups is 2. The van der Waals surface area contributed by atoms with E-state index < -0.39 is 18.4 Å². The van der Waals surface area contributed by atoms with Crippen LogP contribution in [0.15, 0.2) is 24.3 Å². The first-order chi connectivity index (χ1) is 9.40. The lowest BCUT2D eigenvalue weighted by Gasteiger charge is -2.14. The van der Waals surface area contributed by atoms with Crippen LogP contribution in [-0.4, -0.2) is 39.7 Å². The van der Waals surface area contributed by atoms with E-state index in [1.807, 2.05) is 4.42 Å². The van der Waals surface area contributed by atoms with E-state index in [4.69, 9.17) is 22.0 Å².